The number of aromatic nitrogens is 1. The quantitative estimate of drug-likeness (QED) is 0.883. The van der Waals surface area contributed by atoms with Gasteiger partial charge >= 0.3 is 0 Å². The Kier molecular flexibility index (Phi) is 3.97. The highest BCUT2D eigenvalue weighted by atomic mass is 32.1. The summed E-state index contributed by atoms with van der Waals surface area (Å²) >= 11 is 1.72. The van der Waals surface area contributed by atoms with Gasteiger partial charge in [0.25, 0.3) is 0 Å². The molecule has 1 heterocycles. The molecular weight excluding hydrogens is 230 g/mol. The zero-order valence-corrected chi connectivity index (χ0v) is 11.5. The second-order valence-electron chi connectivity index (χ2n) is 4.31. The maximum absolute atomic E-state index is 4.59. The summed E-state index contributed by atoms with van der Waals surface area (Å²) in [6, 6.07) is 6.41. The Labute approximate surface area is 106 Å². The van der Waals surface area contributed by atoms with Gasteiger partial charge in [-0.25, -0.2) is 4.98 Å². The first-order valence-electron chi connectivity index (χ1n) is 5.98. The summed E-state index contributed by atoms with van der Waals surface area (Å²) in [6.07, 6.45) is 0. The van der Waals surface area contributed by atoms with Gasteiger partial charge in [0, 0.05) is 13.1 Å². The van der Waals surface area contributed by atoms with Crippen LogP contribution in [0.4, 0.5) is 5.13 Å². The number of rotatable bonds is 5. The lowest BCUT2D eigenvalue weighted by Gasteiger charge is -2.13. The predicted octanol–water partition coefficient (Wildman–Crippen LogP) is 2.97. The number of nitrogens with zero attached hydrogens (tertiary/aromatic N) is 2. The van der Waals surface area contributed by atoms with Crippen LogP contribution in [0.1, 0.15) is 12.5 Å². The Hall–Kier alpha value is -1.13. The van der Waals surface area contributed by atoms with Crippen molar-refractivity contribution in [3.63, 3.8) is 0 Å². The number of thiazole rings is 1. The molecule has 2 rings (SSSR count). The number of hydrogen-bond acceptors (Lipinski definition) is 4. The summed E-state index contributed by atoms with van der Waals surface area (Å²) in [5.74, 6) is 0. The van der Waals surface area contributed by atoms with Crippen LogP contribution in [0, 0.1) is 6.92 Å². The van der Waals surface area contributed by atoms with E-state index in [-0.39, 0.29) is 0 Å². The van der Waals surface area contributed by atoms with Gasteiger partial charge in [-0.3, -0.25) is 0 Å². The Balaban J connectivity index is 1.99. The standard InChI is InChI=1S/C13H19N3S/c1-4-16(3)8-7-14-13-15-11-9-10(2)5-6-12(11)17-13/h5-6,9H,4,7-8H2,1-3H3,(H,14,15). The maximum atomic E-state index is 4.59. The molecule has 0 radical (unpaired) electrons. The number of anilines is 1. The van der Waals surface area contributed by atoms with E-state index in [1.807, 2.05) is 0 Å². The minimum atomic E-state index is 0.948. The molecule has 0 amide bonds. The highest BCUT2D eigenvalue weighted by Gasteiger charge is 2.03. The molecule has 4 heteroatoms. The van der Waals surface area contributed by atoms with Gasteiger partial charge in [0.1, 0.15) is 0 Å². The number of aryl methyl sites for hydroxylation is 1. The molecule has 2 aromatic rings. The van der Waals surface area contributed by atoms with Gasteiger partial charge in [-0.05, 0) is 38.2 Å². The fourth-order valence-corrected chi connectivity index (χ4v) is 2.50. The third-order valence-electron chi connectivity index (χ3n) is 2.85. The molecule has 92 valence electrons. The lowest BCUT2D eigenvalue weighted by molar-refractivity contribution is 0.367. The smallest absolute Gasteiger partial charge is 0.183 e. The average Bonchev–Trinajstić information content (AvgIpc) is 2.70. The second-order valence-corrected chi connectivity index (χ2v) is 5.34. The molecule has 0 saturated carbocycles. The molecule has 0 bridgehead atoms. The van der Waals surface area contributed by atoms with Crippen LogP contribution >= 0.6 is 11.3 Å². The van der Waals surface area contributed by atoms with Crippen LogP contribution < -0.4 is 5.32 Å². The van der Waals surface area contributed by atoms with Crippen LogP contribution in [0.2, 0.25) is 0 Å². The van der Waals surface area contributed by atoms with E-state index in [0.717, 1.165) is 30.3 Å². The van der Waals surface area contributed by atoms with E-state index in [2.05, 4.69) is 54.3 Å². The van der Waals surface area contributed by atoms with Crippen molar-refractivity contribution >= 4 is 26.7 Å². The van der Waals surface area contributed by atoms with E-state index < -0.39 is 0 Å². The maximum Gasteiger partial charge on any atom is 0.183 e. The molecule has 0 unspecified atom stereocenters. The van der Waals surface area contributed by atoms with Crippen LogP contribution in [0.3, 0.4) is 0 Å². The fourth-order valence-electron chi connectivity index (χ4n) is 1.62. The lowest BCUT2D eigenvalue weighted by atomic mass is 10.2. The van der Waals surface area contributed by atoms with Crippen molar-refractivity contribution in [3.8, 4) is 0 Å². The van der Waals surface area contributed by atoms with Crippen molar-refractivity contribution in [2.75, 3.05) is 32.0 Å². The first kappa shape index (κ1) is 12.3. The molecule has 1 aromatic carbocycles. The molecule has 0 aliphatic rings. The van der Waals surface area contributed by atoms with Crippen molar-refractivity contribution in [1.29, 1.82) is 0 Å². The topological polar surface area (TPSA) is 28.2 Å². The largest absolute Gasteiger partial charge is 0.360 e. The number of hydrogen-bond donors (Lipinski definition) is 1. The first-order chi connectivity index (χ1) is 8.19. The molecule has 0 aliphatic heterocycles. The van der Waals surface area contributed by atoms with Gasteiger partial charge in [0.15, 0.2) is 5.13 Å². The van der Waals surface area contributed by atoms with E-state index in [9.17, 15) is 0 Å². The molecule has 1 aromatic heterocycles. The number of nitrogens with one attached hydrogen (secondary N) is 1. The molecule has 3 nitrogen and oxygen atoms in total. The van der Waals surface area contributed by atoms with E-state index in [4.69, 9.17) is 0 Å². The predicted molar refractivity (Wildman–Crippen MR) is 76.0 cm³/mol. The lowest BCUT2D eigenvalue weighted by Crippen LogP contribution is -2.24. The van der Waals surface area contributed by atoms with E-state index in [1.54, 1.807) is 11.3 Å². The monoisotopic (exact) mass is 249 g/mol. The average molecular weight is 249 g/mol. The van der Waals surface area contributed by atoms with Gasteiger partial charge in [0.2, 0.25) is 0 Å². The van der Waals surface area contributed by atoms with E-state index in [1.165, 1.54) is 10.3 Å². The van der Waals surface area contributed by atoms with Gasteiger partial charge in [-0.2, -0.15) is 0 Å². The molecule has 0 spiro atoms. The van der Waals surface area contributed by atoms with Crippen molar-refractivity contribution in [2.24, 2.45) is 0 Å². The van der Waals surface area contributed by atoms with Gasteiger partial charge in [0.05, 0.1) is 10.2 Å². The molecule has 0 atom stereocenters. The Bertz CT molecular complexity index is 492. The Morgan fingerprint density at radius 1 is 1.41 bits per heavy atom. The fraction of sp³-hybridized carbons (Fsp3) is 0.462. The van der Waals surface area contributed by atoms with E-state index >= 15 is 0 Å². The van der Waals surface area contributed by atoms with Crippen LogP contribution in [-0.2, 0) is 0 Å². The van der Waals surface area contributed by atoms with Crippen molar-refractivity contribution < 1.29 is 0 Å². The van der Waals surface area contributed by atoms with Crippen LogP contribution in [0.15, 0.2) is 18.2 Å². The highest BCUT2D eigenvalue weighted by Crippen LogP contribution is 2.26. The molecule has 0 fully saturated rings. The number of benzene rings is 1. The summed E-state index contributed by atoms with van der Waals surface area (Å²) in [5, 5.41) is 4.41. The third kappa shape index (κ3) is 3.17. The summed E-state index contributed by atoms with van der Waals surface area (Å²) in [6.45, 7) is 7.35. The molecule has 1 N–H and O–H groups in total. The molecule has 0 aliphatic carbocycles. The summed E-state index contributed by atoms with van der Waals surface area (Å²) < 4.78 is 1.25. The van der Waals surface area contributed by atoms with Gasteiger partial charge < -0.3 is 10.2 Å². The molecule has 17 heavy (non-hydrogen) atoms. The number of fused-ring (bicyclic) bond motifs is 1. The van der Waals surface area contributed by atoms with Crippen molar-refractivity contribution in [3.05, 3.63) is 23.8 Å². The summed E-state index contributed by atoms with van der Waals surface area (Å²) in [4.78, 5) is 6.87. The van der Waals surface area contributed by atoms with Crippen LogP contribution in [-0.4, -0.2) is 36.6 Å². The summed E-state index contributed by atoms with van der Waals surface area (Å²) in [7, 11) is 2.13. The highest BCUT2D eigenvalue weighted by molar-refractivity contribution is 7.22. The zero-order valence-electron chi connectivity index (χ0n) is 10.7. The minimum Gasteiger partial charge on any atom is -0.360 e. The SMILES string of the molecule is CCN(C)CCNc1nc2cc(C)ccc2s1. The summed E-state index contributed by atoms with van der Waals surface area (Å²) in [5.41, 5.74) is 2.36. The van der Waals surface area contributed by atoms with Crippen molar-refractivity contribution in [2.45, 2.75) is 13.8 Å². The van der Waals surface area contributed by atoms with Crippen LogP contribution in [0.5, 0.6) is 0 Å². The van der Waals surface area contributed by atoms with Crippen LogP contribution in [0.25, 0.3) is 10.2 Å². The van der Waals surface area contributed by atoms with Gasteiger partial charge in [-0.15, -0.1) is 0 Å². The second kappa shape index (κ2) is 5.47. The third-order valence-corrected chi connectivity index (χ3v) is 3.85. The minimum absolute atomic E-state index is 0.948. The molecule has 0 saturated heterocycles. The molecular formula is C13H19N3S. The first-order valence-corrected chi connectivity index (χ1v) is 6.80. The van der Waals surface area contributed by atoms with E-state index in [0.29, 0.717) is 0 Å². The van der Waals surface area contributed by atoms with Crippen molar-refractivity contribution in [1.82, 2.24) is 9.88 Å². The zero-order chi connectivity index (χ0) is 12.3. The Morgan fingerprint density at radius 3 is 3.00 bits per heavy atom. The van der Waals surface area contributed by atoms with Gasteiger partial charge in [-0.1, -0.05) is 24.3 Å². The normalized spacial score (nSPS) is 11.3. The number of likely N-dealkylation sites (N-methyl/N-ethyl adjacent to an activating group) is 1. The Morgan fingerprint density at radius 2 is 2.24 bits per heavy atom.